The van der Waals surface area contributed by atoms with E-state index >= 15 is 0 Å². The van der Waals surface area contributed by atoms with E-state index in [1.807, 2.05) is 0 Å². The highest BCUT2D eigenvalue weighted by Gasteiger charge is 2.23. The molecule has 0 aliphatic carbocycles. The maximum Gasteiger partial charge on any atom is 0.216 e. The topological polar surface area (TPSA) is 95.7 Å². The van der Waals surface area contributed by atoms with Crippen molar-refractivity contribution in [2.24, 2.45) is 5.10 Å². The summed E-state index contributed by atoms with van der Waals surface area (Å²) in [5.74, 6) is -0.0734. The average molecular weight is 341 g/mol. The van der Waals surface area contributed by atoms with E-state index in [1.54, 1.807) is 0 Å². The highest BCUT2D eigenvalue weighted by atomic mass is 35.5. The first-order valence-electron chi connectivity index (χ1n) is 6.61. The summed E-state index contributed by atoms with van der Waals surface area (Å²) in [6.45, 7) is 0.690. The zero-order chi connectivity index (χ0) is 15.7. The van der Waals surface area contributed by atoms with Gasteiger partial charge in [-0.05, 0) is 42.8 Å². The second-order valence-electron chi connectivity index (χ2n) is 4.82. The quantitative estimate of drug-likeness (QED) is 0.453. The molecule has 1 aromatic carbocycles. The first-order chi connectivity index (χ1) is 10.6. The number of ether oxygens (including phenoxy) is 1. The fourth-order valence-electron chi connectivity index (χ4n) is 2.21. The Hall–Kier alpha value is -1.90. The summed E-state index contributed by atoms with van der Waals surface area (Å²) in [5.41, 5.74) is 0.515. The Kier molecular flexibility index (Phi) is 4.14. The van der Waals surface area contributed by atoms with Crippen LogP contribution >= 0.6 is 23.8 Å². The van der Waals surface area contributed by atoms with Gasteiger partial charge in [0.15, 0.2) is 17.3 Å². The minimum absolute atomic E-state index is 0.0385. The van der Waals surface area contributed by atoms with Crippen molar-refractivity contribution in [1.82, 2.24) is 14.9 Å². The molecule has 0 unspecified atom stereocenters. The Morgan fingerprint density at radius 2 is 2.32 bits per heavy atom. The molecule has 1 aliphatic rings. The Bertz CT molecular complexity index is 757. The highest BCUT2D eigenvalue weighted by molar-refractivity contribution is 7.71. The smallest absolute Gasteiger partial charge is 0.216 e. The monoisotopic (exact) mass is 340 g/mol. The molecule has 2 heterocycles. The number of aromatic hydroxyl groups is 2. The maximum atomic E-state index is 9.56. The van der Waals surface area contributed by atoms with Gasteiger partial charge >= 0.3 is 0 Å². The van der Waals surface area contributed by atoms with Crippen molar-refractivity contribution in [3.63, 3.8) is 0 Å². The predicted octanol–water partition coefficient (Wildman–Crippen LogP) is 2.74. The number of benzene rings is 1. The number of H-pyrrole nitrogens is 1. The number of halogens is 1. The largest absolute Gasteiger partial charge is 0.504 e. The van der Waals surface area contributed by atoms with Crippen molar-refractivity contribution in [3.05, 3.63) is 33.3 Å². The SMILES string of the molecule is Oc1cc(/C=N/n2c([C@@H]3CCCO3)n[nH]c2=S)cc(Cl)c1O. The number of nitrogens with one attached hydrogen (secondary N) is 1. The Balaban J connectivity index is 1.93. The third-order valence-corrected chi connectivity index (χ3v) is 3.83. The van der Waals surface area contributed by atoms with Crippen molar-refractivity contribution < 1.29 is 14.9 Å². The van der Waals surface area contributed by atoms with Crippen LogP contribution in [0, 0.1) is 4.77 Å². The van der Waals surface area contributed by atoms with Gasteiger partial charge in [0.05, 0.1) is 11.2 Å². The van der Waals surface area contributed by atoms with Gasteiger partial charge in [-0.2, -0.15) is 14.9 Å². The molecule has 1 aliphatic heterocycles. The third kappa shape index (κ3) is 2.85. The van der Waals surface area contributed by atoms with Crippen molar-refractivity contribution in [3.8, 4) is 11.5 Å². The van der Waals surface area contributed by atoms with Gasteiger partial charge in [-0.1, -0.05) is 11.6 Å². The average Bonchev–Trinajstić information content (AvgIpc) is 3.12. The Morgan fingerprint density at radius 3 is 3.00 bits per heavy atom. The number of hydrogen-bond donors (Lipinski definition) is 3. The van der Waals surface area contributed by atoms with Crippen molar-refractivity contribution in [2.75, 3.05) is 6.61 Å². The second-order valence-corrected chi connectivity index (χ2v) is 5.61. The number of rotatable bonds is 3. The highest BCUT2D eigenvalue weighted by Crippen LogP contribution is 2.33. The van der Waals surface area contributed by atoms with Crippen LogP contribution in [0.25, 0.3) is 0 Å². The van der Waals surface area contributed by atoms with Crippen LogP contribution in [0.2, 0.25) is 5.02 Å². The number of phenols is 2. The normalized spacial score (nSPS) is 18.3. The van der Waals surface area contributed by atoms with E-state index < -0.39 is 0 Å². The van der Waals surface area contributed by atoms with Crippen LogP contribution in [0.3, 0.4) is 0 Å². The van der Waals surface area contributed by atoms with E-state index in [0.717, 1.165) is 12.8 Å². The molecule has 7 nitrogen and oxygen atoms in total. The molecule has 9 heteroatoms. The van der Waals surface area contributed by atoms with Gasteiger partial charge < -0.3 is 14.9 Å². The molecule has 1 saturated heterocycles. The number of nitrogens with zero attached hydrogens (tertiary/aromatic N) is 3. The van der Waals surface area contributed by atoms with Gasteiger partial charge in [0.1, 0.15) is 6.10 Å². The summed E-state index contributed by atoms with van der Waals surface area (Å²) in [6, 6.07) is 2.83. The van der Waals surface area contributed by atoms with Gasteiger partial charge in [0.25, 0.3) is 0 Å². The summed E-state index contributed by atoms with van der Waals surface area (Å²) in [6.07, 6.45) is 3.16. The molecule has 1 atom stereocenters. The molecule has 3 rings (SSSR count). The maximum absolute atomic E-state index is 9.56. The zero-order valence-electron chi connectivity index (χ0n) is 11.4. The van der Waals surface area contributed by atoms with Crippen LogP contribution in [-0.2, 0) is 4.74 Å². The number of aromatic amines is 1. The molecule has 0 spiro atoms. The molecule has 2 aromatic rings. The van der Waals surface area contributed by atoms with Gasteiger partial charge in [-0.25, -0.2) is 0 Å². The van der Waals surface area contributed by atoms with Crippen LogP contribution in [0.4, 0.5) is 0 Å². The van der Waals surface area contributed by atoms with Crippen molar-refractivity contribution in [1.29, 1.82) is 0 Å². The first-order valence-corrected chi connectivity index (χ1v) is 7.39. The molecule has 116 valence electrons. The van der Waals surface area contributed by atoms with Crippen LogP contribution in [0.5, 0.6) is 11.5 Å². The fraction of sp³-hybridized carbons (Fsp3) is 0.308. The van der Waals surface area contributed by atoms with E-state index in [-0.39, 0.29) is 22.6 Å². The molecule has 22 heavy (non-hydrogen) atoms. The molecule has 1 aromatic heterocycles. The lowest BCUT2D eigenvalue weighted by atomic mass is 10.2. The summed E-state index contributed by atoms with van der Waals surface area (Å²) in [4.78, 5) is 0. The van der Waals surface area contributed by atoms with Gasteiger partial charge in [0, 0.05) is 6.61 Å². The first kappa shape index (κ1) is 15.0. The zero-order valence-corrected chi connectivity index (χ0v) is 12.9. The van der Waals surface area contributed by atoms with E-state index in [9.17, 15) is 10.2 Å². The molecular formula is C13H13ClN4O3S. The van der Waals surface area contributed by atoms with E-state index in [4.69, 9.17) is 28.6 Å². The van der Waals surface area contributed by atoms with Crippen molar-refractivity contribution in [2.45, 2.75) is 18.9 Å². The molecule has 0 saturated carbocycles. The summed E-state index contributed by atoms with van der Waals surface area (Å²) >= 11 is 11.0. The van der Waals surface area contributed by atoms with E-state index in [2.05, 4.69) is 15.3 Å². The predicted molar refractivity (Wildman–Crippen MR) is 83.1 cm³/mol. The third-order valence-electron chi connectivity index (χ3n) is 3.28. The number of hydrogen-bond acceptors (Lipinski definition) is 6. The van der Waals surface area contributed by atoms with Gasteiger partial charge in [0.2, 0.25) is 4.77 Å². The Labute approximate surface area is 135 Å². The molecule has 3 N–H and O–H groups in total. The fourth-order valence-corrected chi connectivity index (χ4v) is 2.62. The molecule has 0 amide bonds. The molecule has 1 fully saturated rings. The van der Waals surface area contributed by atoms with Crippen LogP contribution in [0.1, 0.15) is 30.3 Å². The van der Waals surface area contributed by atoms with Gasteiger partial charge in [-0.15, -0.1) is 0 Å². The Morgan fingerprint density at radius 1 is 1.50 bits per heavy atom. The molecule has 0 radical (unpaired) electrons. The van der Waals surface area contributed by atoms with E-state index in [1.165, 1.54) is 23.0 Å². The lowest BCUT2D eigenvalue weighted by Crippen LogP contribution is -2.05. The van der Waals surface area contributed by atoms with Gasteiger partial charge in [-0.3, -0.25) is 5.10 Å². The minimum Gasteiger partial charge on any atom is -0.504 e. The lowest BCUT2D eigenvalue weighted by Gasteiger charge is -2.07. The van der Waals surface area contributed by atoms with Crippen molar-refractivity contribution >= 4 is 30.0 Å². The second kappa shape index (κ2) is 6.07. The van der Waals surface area contributed by atoms with Crippen LogP contribution < -0.4 is 0 Å². The van der Waals surface area contributed by atoms with E-state index in [0.29, 0.717) is 22.8 Å². The standard InChI is InChI=1S/C13H13ClN4O3S/c14-8-4-7(5-9(19)11(8)20)6-15-18-12(16-17-13(18)22)10-2-1-3-21-10/h4-6,10,19-20H,1-3H2,(H,17,22)/b15-6+/t10-/m0/s1. The lowest BCUT2D eigenvalue weighted by molar-refractivity contribution is 0.102. The summed E-state index contributed by atoms with van der Waals surface area (Å²) < 4.78 is 7.40. The summed E-state index contributed by atoms with van der Waals surface area (Å²) in [5, 5.41) is 30.1. The van der Waals surface area contributed by atoms with Crippen LogP contribution in [0.15, 0.2) is 17.2 Å². The summed E-state index contributed by atoms with van der Waals surface area (Å²) in [7, 11) is 0. The molecule has 0 bridgehead atoms. The minimum atomic E-state index is -0.362. The molecular weight excluding hydrogens is 328 g/mol. The van der Waals surface area contributed by atoms with Crippen LogP contribution in [-0.4, -0.2) is 37.9 Å². The number of aromatic nitrogens is 3. The number of phenolic OH excluding ortho intramolecular Hbond substituents is 2.